The van der Waals surface area contributed by atoms with E-state index in [0.717, 1.165) is 103 Å². The van der Waals surface area contributed by atoms with Crippen LogP contribution in [0.2, 0.25) is 10.0 Å². The molecule has 6 aromatic rings. The minimum Gasteiger partial charge on any atom is -0.486 e. The minimum absolute atomic E-state index is 0.00520. The lowest BCUT2D eigenvalue weighted by molar-refractivity contribution is 0.00529. The second-order valence-electron chi connectivity index (χ2n) is 19.1. The van der Waals surface area contributed by atoms with Crippen LogP contribution in [-0.2, 0) is 30.9 Å². The molecule has 10 rings (SSSR count). The third-order valence-electron chi connectivity index (χ3n) is 13.0. The lowest BCUT2D eigenvalue weighted by Gasteiger charge is -2.39. The maximum absolute atomic E-state index is 13.3. The van der Waals surface area contributed by atoms with Crippen molar-refractivity contribution in [3.63, 3.8) is 0 Å². The van der Waals surface area contributed by atoms with E-state index in [1.165, 1.54) is 0 Å². The van der Waals surface area contributed by atoms with Gasteiger partial charge in [-0.1, -0.05) is 23.2 Å². The van der Waals surface area contributed by atoms with Gasteiger partial charge in [0.2, 0.25) is 0 Å². The fourth-order valence-electron chi connectivity index (χ4n) is 9.29. The van der Waals surface area contributed by atoms with Gasteiger partial charge in [0.05, 0.1) is 62.4 Å². The predicted molar refractivity (Wildman–Crippen MR) is 270 cm³/mol. The van der Waals surface area contributed by atoms with E-state index in [9.17, 15) is 14.4 Å². The van der Waals surface area contributed by atoms with Crippen LogP contribution in [0.1, 0.15) is 57.8 Å². The van der Waals surface area contributed by atoms with Crippen LogP contribution in [0.4, 0.5) is 4.79 Å². The highest BCUT2D eigenvalue weighted by atomic mass is 35.5. The molecule has 2 fully saturated rings. The number of ether oxygens (including phenoxy) is 5. The molecule has 4 aliphatic heterocycles. The number of rotatable bonds is 12. The van der Waals surface area contributed by atoms with E-state index in [4.69, 9.17) is 46.9 Å². The zero-order valence-corrected chi connectivity index (χ0v) is 41.9. The molecule has 18 nitrogen and oxygen atoms in total. The van der Waals surface area contributed by atoms with Crippen molar-refractivity contribution in [3.05, 3.63) is 115 Å². The van der Waals surface area contributed by atoms with Gasteiger partial charge in [-0.2, -0.15) is 0 Å². The molecule has 0 aromatic carbocycles. The smallest absolute Gasteiger partial charge is 0.410 e. The number of nitrogens with zero attached hydrogens (tertiary/aromatic N) is 9. The Hall–Kier alpha value is -6.05. The predicted octanol–water partition coefficient (Wildman–Crippen LogP) is 6.59. The number of aromatic nitrogens is 6. The number of fused-ring (bicyclic) bond motifs is 4. The molecule has 20 heteroatoms. The van der Waals surface area contributed by atoms with Crippen LogP contribution in [0, 0.1) is 0 Å². The Morgan fingerprint density at radius 1 is 0.648 bits per heavy atom. The van der Waals surface area contributed by atoms with Gasteiger partial charge in [0, 0.05) is 94.6 Å². The summed E-state index contributed by atoms with van der Waals surface area (Å²) in [5.41, 5.74) is 3.99. The Morgan fingerprint density at radius 2 is 1.13 bits per heavy atom. The van der Waals surface area contributed by atoms with Gasteiger partial charge in [0.1, 0.15) is 32.0 Å². The summed E-state index contributed by atoms with van der Waals surface area (Å²) < 4.78 is 31.7. The van der Waals surface area contributed by atoms with Crippen LogP contribution in [0.5, 0.6) is 23.0 Å². The topological polar surface area (TPSA) is 181 Å². The Balaban J connectivity index is 0.000000179. The van der Waals surface area contributed by atoms with Crippen LogP contribution >= 0.6 is 23.2 Å². The second-order valence-corrected chi connectivity index (χ2v) is 20.0. The summed E-state index contributed by atoms with van der Waals surface area (Å²) in [5.74, 6) is 2.76. The fourth-order valence-corrected chi connectivity index (χ4v) is 9.60. The summed E-state index contributed by atoms with van der Waals surface area (Å²) >= 11 is 12.3. The summed E-state index contributed by atoms with van der Waals surface area (Å²) in [6, 6.07) is 14.4. The number of amides is 1. The van der Waals surface area contributed by atoms with Crippen molar-refractivity contribution in [1.82, 2.24) is 49.1 Å². The molecule has 6 aromatic heterocycles. The standard InChI is InChI=1S/C28H34ClN5O5.C23H26ClN5O3/c1-28(2,3)39-27(36)34(18-20-15-24-25(17-30-20)38-13-12-37-24)21-6-8-32(9-7-21)10-11-33-23-14-19(29)16-31-22(23)4-5-26(33)35;24-16-11-20-19(27-13-16)1-2-23(30)29(20)8-7-28-5-3-17(4-6-28)25-14-18-12-21-22(15-26-18)32-10-9-31-21/h4-5,14-17,21H,6-13,18H2,1-3H3;1-2,11-13,15,17,25H,3-10,14H2. The number of pyridine rings is 6. The summed E-state index contributed by atoms with van der Waals surface area (Å²) in [7, 11) is 0. The van der Waals surface area contributed by atoms with Crippen LogP contribution in [-0.4, -0.2) is 133 Å². The van der Waals surface area contributed by atoms with E-state index in [1.807, 2.05) is 39.0 Å². The summed E-state index contributed by atoms with van der Waals surface area (Å²) in [5, 5.41) is 4.65. The zero-order chi connectivity index (χ0) is 49.5. The highest BCUT2D eigenvalue weighted by Crippen LogP contribution is 2.32. The molecule has 2 saturated heterocycles. The maximum atomic E-state index is 13.3. The van der Waals surface area contributed by atoms with Gasteiger partial charge in [-0.3, -0.25) is 34.4 Å². The molecule has 1 amide bonds. The van der Waals surface area contributed by atoms with Gasteiger partial charge in [0.15, 0.2) is 23.0 Å². The molecule has 10 heterocycles. The Kier molecular flexibility index (Phi) is 15.9. The van der Waals surface area contributed by atoms with Crippen LogP contribution in [0.3, 0.4) is 0 Å². The summed E-state index contributed by atoms with van der Waals surface area (Å²) in [4.78, 5) is 62.4. The van der Waals surface area contributed by atoms with Crippen LogP contribution in [0.15, 0.2) is 82.9 Å². The quantitative estimate of drug-likeness (QED) is 0.139. The van der Waals surface area contributed by atoms with Crippen molar-refractivity contribution in [2.75, 3.05) is 65.7 Å². The van der Waals surface area contributed by atoms with E-state index < -0.39 is 5.60 Å². The zero-order valence-electron chi connectivity index (χ0n) is 40.4. The first kappa shape index (κ1) is 49.9. The Morgan fingerprint density at radius 3 is 1.65 bits per heavy atom. The first-order valence-corrected chi connectivity index (χ1v) is 25.0. The molecular formula is C51H60Cl2N10O8. The number of piperidine rings is 2. The van der Waals surface area contributed by atoms with Crippen molar-refractivity contribution in [2.45, 2.75) is 90.3 Å². The highest BCUT2D eigenvalue weighted by Gasteiger charge is 2.32. The minimum atomic E-state index is -0.611. The van der Waals surface area contributed by atoms with Gasteiger partial charge in [-0.15, -0.1) is 0 Å². The lowest BCUT2D eigenvalue weighted by Crippen LogP contribution is -2.49. The number of nitrogens with one attached hydrogen (secondary N) is 1. The maximum Gasteiger partial charge on any atom is 0.410 e. The molecule has 0 spiro atoms. The van der Waals surface area contributed by atoms with Gasteiger partial charge in [0.25, 0.3) is 11.1 Å². The van der Waals surface area contributed by atoms with E-state index >= 15 is 0 Å². The number of hydrogen-bond acceptors (Lipinski definition) is 15. The fraction of sp³-hybridized carbons (Fsp3) is 0.471. The Labute approximate surface area is 421 Å². The molecule has 0 aliphatic carbocycles. The lowest BCUT2D eigenvalue weighted by atomic mass is 10.0. The van der Waals surface area contributed by atoms with Crippen LogP contribution in [0.25, 0.3) is 22.1 Å². The molecule has 0 radical (unpaired) electrons. The van der Waals surface area contributed by atoms with Crippen molar-refractivity contribution in [3.8, 4) is 23.0 Å². The third kappa shape index (κ3) is 12.9. The van der Waals surface area contributed by atoms with Crippen molar-refractivity contribution < 1.29 is 28.5 Å². The van der Waals surface area contributed by atoms with Crippen molar-refractivity contribution in [1.29, 1.82) is 0 Å². The number of carbonyl (C=O) groups excluding carboxylic acids is 1. The number of likely N-dealkylation sites (tertiary alicyclic amines) is 2. The van der Waals surface area contributed by atoms with Crippen molar-refractivity contribution >= 4 is 51.4 Å². The van der Waals surface area contributed by atoms with E-state index in [2.05, 4.69) is 35.1 Å². The van der Waals surface area contributed by atoms with Gasteiger partial charge in [-0.25, -0.2) is 4.79 Å². The first-order chi connectivity index (χ1) is 34.3. The SMILES string of the molecule is CC(C)(C)OC(=O)N(Cc1cc2c(cn1)OCCO2)C1CCN(CCn2c(=O)ccc3ncc(Cl)cc32)CC1.O=c1ccc2ncc(Cl)cc2n1CCN1CCC(NCc2cc3c(cn2)OCCO3)CC1. The number of hydrogen-bond donors (Lipinski definition) is 1. The molecule has 71 heavy (non-hydrogen) atoms. The third-order valence-corrected chi connectivity index (χ3v) is 13.4. The molecular weight excluding hydrogens is 952 g/mol. The molecule has 0 saturated carbocycles. The molecule has 1 N–H and O–H groups in total. The molecule has 376 valence electrons. The van der Waals surface area contributed by atoms with E-state index in [1.54, 1.807) is 69.2 Å². The van der Waals surface area contributed by atoms with E-state index in [-0.39, 0.29) is 23.3 Å². The first-order valence-electron chi connectivity index (χ1n) is 24.3. The average Bonchev–Trinajstić information content (AvgIpc) is 3.37. The summed E-state index contributed by atoms with van der Waals surface area (Å²) in [6.45, 7) is 15.0. The summed E-state index contributed by atoms with van der Waals surface area (Å²) in [6.07, 6.45) is 9.90. The monoisotopic (exact) mass is 1010 g/mol. The van der Waals surface area contributed by atoms with Gasteiger partial charge in [-0.05, 0) is 83.8 Å². The van der Waals surface area contributed by atoms with Gasteiger partial charge >= 0.3 is 6.09 Å². The Bertz CT molecular complexity index is 2950. The molecule has 0 atom stereocenters. The van der Waals surface area contributed by atoms with Crippen molar-refractivity contribution in [2.24, 2.45) is 0 Å². The molecule has 0 unspecified atom stereocenters. The van der Waals surface area contributed by atoms with E-state index in [0.29, 0.717) is 86.7 Å². The average molecular weight is 1010 g/mol. The van der Waals surface area contributed by atoms with Crippen LogP contribution < -0.4 is 35.4 Å². The second kappa shape index (κ2) is 22.6. The highest BCUT2D eigenvalue weighted by molar-refractivity contribution is 6.31. The molecule has 4 aliphatic rings. The number of halogens is 2. The van der Waals surface area contributed by atoms with Gasteiger partial charge < -0.3 is 47.9 Å². The normalized spacial score (nSPS) is 16.6. The largest absolute Gasteiger partial charge is 0.486 e. The molecule has 0 bridgehead atoms. The number of carbonyl (C=O) groups is 1.